The molecule has 1 aromatic heterocycles. The largest absolute Gasteiger partial charge is 0.543 e. The van der Waals surface area contributed by atoms with Crippen LogP contribution in [0, 0.1) is 0 Å². The molecular weight excluding hydrogens is 222 g/mol. The van der Waals surface area contributed by atoms with Crippen LogP contribution < -0.4 is 10.3 Å². The predicted octanol–water partition coefficient (Wildman–Crippen LogP) is -0.190. The van der Waals surface area contributed by atoms with Crippen LogP contribution in [-0.2, 0) is 6.42 Å². The summed E-state index contributed by atoms with van der Waals surface area (Å²) in [7, 11) is 0. The van der Waals surface area contributed by atoms with Crippen LogP contribution in [0.5, 0.6) is 0 Å². The molecule has 2 heterocycles. The number of aromatic carboxylic acids is 1. The summed E-state index contributed by atoms with van der Waals surface area (Å²) >= 11 is 0. The Bertz CT molecular complexity index is 606. The molecule has 1 aliphatic heterocycles. The van der Waals surface area contributed by atoms with Crippen LogP contribution >= 0.6 is 0 Å². The van der Waals surface area contributed by atoms with Gasteiger partial charge in [0.25, 0.3) is 0 Å². The molecule has 0 amide bonds. The van der Waals surface area contributed by atoms with Gasteiger partial charge in [0.1, 0.15) is 5.69 Å². The van der Waals surface area contributed by atoms with Crippen molar-refractivity contribution in [2.45, 2.75) is 6.42 Å². The van der Waals surface area contributed by atoms with E-state index in [4.69, 9.17) is 0 Å². The van der Waals surface area contributed by atoms with E-state index in [0.717, 1.165) is 15.5 Å². The van der Waals surface area contributed by atoms with Gasteiger partial charge in [0.05, 0.1) is 17.4 Å². The van der Waals surface area contributed by atoms with Crippen molar-refractivity contribution in [1.29, 1.82) is 0 Å². The number of carbonyl (C=O) groups excluding carboxylic acids is 1. The van der Waals surface area contributed by atoms with E-state index in [2.05, 4.69) is 5.10 Å². The number of carboxylic acids is 1. The van der Waals surface area contributed by atoms with Gasteiger partial charge in [-0.25, -0.2) is 0 Å². The molecule has 0 fully saturated rings. The van der Waals surface area contributed by atoms with Crippen molar-refractivity contribution < 1.29 is 15.1 Å². The number of anilines is 1. The Kier molecular flexibility index (Phi) is 1.93. The summed E-state index contributed by atoms with van der Waals surface area (Å²) in [5.74, 6) is -1.36. The zero-order valence-electron chi connectivity index (χ0n) is 8.70. The summed E-state index contributed by atoms with van der Waals surface area (Å²) in [6.07, 6.45) is 0.521. The Hall–Kier alpha value is -2.34. The number of hydrogen-bond acceptors (Lipinski definition) is 5. The minimum Gasteiger partial charge on any atom is -0.543 e. The van der Waals surface area contributed by atoms with Crippen molar-refractivity contribution in [3.05, 3.63) is 47.3 Å². The molecule has 0 saturated heterocycles. The summed E-state index contributed by atoms with van der Waals surface area (Å²) < 4.78 is 0. The second kappa shape index (κ2) is 3.33. The first-order chi connectivity index (χ1) is 8.16. The van der Waals surface area contributed by atoms with Crippen LogP contribution in [-0.4, -0.2) is 21.1 Å². The lowest BCUT2D eigenvalue weighted by atomic mass is 10.1. The van der Waals surface area contributed by atoms with E-state index in [9.17, 15) is 15.1 Å². The highest BCUT2D eigenvalue weighted by Gasteiger charge is 2.22. The molecule has 0 bridgehead atoms. The number of rotatable bonds is 1. The molecule has 1 aliphatic rings. The zero-order chi connectivity index (χ0) is 12.0. The summed E-state index contributed by atoms with van der Waals surface area (Å²) in [4.78, 5) is 11.9. The van der Waals surface area contributed by atoms with Crippen molar-refractivity contribution in [3.63, 3.8) is 0 Å². The van der Waals surface area contributed by atoms with Gasteiger partial charge in [-0.1, -0.05) is 18.2 Å². The van der Waals surface area contributed by atoms with Crippen LogP contribution in [0.1, 0.15) is 21.7 Å². The molecular formula is C11H8N3O3-. The van der Waals surface area contributed by atoms with Gasteiger partial charge in [-0.2, -0.15) is 4.79 Å². The fourth-order valence-electron chi connectivity index (χ4n) is 1.95. The monoisotopic (exact) mass is 230 g/mol. The standard InChI is InChI=1S/C11H9N3O3/c15-11(16)9-6-8-5-7-3-1-2-4-10(7)14(17)13(8)12-9/h1-4,6,17H,5H2,(H,15,16)/p-1. The number of aromatic nitrogens is 2. The maximum absolute atomic E-state index is 10.7. The molecule has 1 aromatic carbocycles. The number of carbonyl (C=O) groups is 1. The molecule has 3 rings (SSSR count). The van der Waals surface area contributed by atoms with E-state index >= 15 is 0 Å². The van der Waals surface area contributed by atoms with E-state index in [-0.39, 0.29) is 5.69 Å². The summed E-state index contributed by atoms with van der Waals surface area (Å²) in [5, 5.41) is 25.2. The van der Waals surface area contributed by atoms with Crippen molar-refractivity contribution in [1.82, 2.24) is 9.89 Å². The molecule has 0 spiro atoms. The first-order valence-corrected chi connectivity index (χ1v) is 5.04. The van der Waals surface area contributed by atoms with Crippen molar-refractivity contribution in [2.75, 3.05) is 5.17 Å². The average molecular weight is 230 g/mol. The zero-order valence-corrected chi connectivity index (χ0v) is 8.70. The van der Waals surface area contributed by atoms with Gasteiger partial charge in [-0.05, 0) is 17.7 Å². The fourth-order valence-corrected chi connectivity index (χ4v) is 1.95. The molecule has 2 aromatic rings. The number of carboxylic acid groups (broad SMARTS) is 1. The average Bonchev–Trinajstić information content (AvgIpc) is 2.74. The minimum absolute atomic E-state index is 0.188. The van der Waals surface area contributed by atoms with Crippen molar-refractivity contribution in [2.24, 2.45) is 0 Å². The van der Waals surface area contributed by atoms with Gasteiger partial charge in [0.15, 0.2) is 0 Å². The number of fused-ring (bicyclic) bond motifs is 2. The van der Waals surface area contributed by atoms with Gasteiger partial charge in [-0.3, -0.25) is 5.21 Å². The lowest BCUT2D eigenvalue weighted by molar-refractivity contribution is -0.255. The third-order valence-corrected chi connectivity index (χ3v) is 2.73. The number of nitrogens with zero attached hydrogens (tertiary/aromatic N) is 3. The SMILES string of the molecule is O=C([O-])c1cc2n(n1)N(O)c1ccccc1C2. The molecule has 1 N–H and O–H groups in total. The molecule has 0 atom stereocenters. The minimum atomic E-state index is -1.36. The Morgan fingerprint density at radius 2 is 2.18 bits per heavy atom. The van der Waals surface area contributed by atoms with Crippen LogP contribution in [0.2, 0.25) is 0 Å². The first-order valence-electron chi connectivity index (χ1n) is 5.04. The lowest BCUT2D eigenvalue weighted by Gasteiger charge is -2.25. The predicted molar refractivity (Wildman–Crippen MR) is 55.5 cm³/mol. The number of benzene rings is 1. The van der Waals surface area contributed by atoms with E-state index in [1.807, 2.05) is 12.1 Å². The highest BCUT2D eigenvalue weighted by atomic mass is 16.5. The topological polar surface area (TPSA) is 81.4 Å². The van der Waals surface area contributed by atoms with Gasteiger partial charge in [0.2, 0.25) is 0 Å². The normalized spacial score (nSPS) is 13.1. The van der Waals surface area contributed by atoms with Crippen LogP contribution in [0.3, 0.4) is 0 Å². The van der Waals surface area contributed by atoms with Crippen LogP contribution in [0.15, 0.2) is 30.3 Å². The van der Waals surface area contributed by atoms with Crippen molar-refractivity contribution in [3.8, 4) is 0 Å². The van der Waals surface area contributed by atoms with Gasteiger partial charge < -0.3 is 9.90 Å². The molecule has 86 valence electrons. The summed E-state index contributed by atoms with van der Waals surface area (Å²) in [5.41, 5.74) is 1.91. The third kappa shape index (κ3) is 1.38. The number of para-hydroxylation sites is 1. The lowest BCUT2D eigenvalue weighted by Crippen LogP contribution is -2.33. The van der Waals surface area contributed by atoms with Gasteiger partial charge >= 0.3 is 0 Å². The molecule has 6 heteroatoms. The van der Waals surface area contributed by atoms with Crippen LogP contribution in [0.25, 0.3) is 0 Å². The van der Waals surface area contributed by atoms with Gasteiger partial charge in [-0.15, -0.1) is 10.3 Å². The molecule has 0 unspecified atom stereocenters. The van der Waals surface area contributed by atoms with Gasteiger partial charge in [0, 0.05) is 6.42 Å². The molecule has 6 nitrogen and oxygen atoms in total. The highest BCUT2D eigenvalue weighted by Crippen LogP contribution is 2.27. The Morgan fingerprint density at radius 1 is 1.41 bits per heavy atom. The summed E-state index contributed by atoms with van der Waals surface area (Å²) in [6.45, 7) is 0. The Morgan fingerprint density at radius 3 is 2.94 bits per heavy atom. The Labute approximate surface area is 96.3 Å². The quantitative estimate of drug-likeness (QED) is 0.734. The second-order valence-electron chi connectivity index (χ2n) is 3.79. The first kappa shape index (κ1) is 9.86. The second-order valence-corrected chi connectivity index (χ2v) is 3.79. The highest BCUT2D eigenvalue weighted by molar-refractivity contribution is 5.83. The maximum Gasteiger partial charge on any atom is 0.110 e. The number of hydrogen-bond donors (Lipinski definition) is 1. The molecule has 0 saturated carbocycles. The van der Waals surface area contributed by atoms with E-state index in [1.165, 1.54) is 6.07 Å². The third-order valence-electron chi connectivity index (χ3n) is 2.73. The van der Waals surface area contributed by atoms with E-state index in [0.29, 0.717) is 17.8 Å². The smallest absolute Gasteiger partial charge is 0.110 e. The molecule has 0 radical (unpaired) electrons. The Balaban J connectivity index is 2.13. The van der Waals surface area contributed by atoms with E-state index < -0.39 is 5.97 Å². The van der Waals surface area contributed by atoms with E-state index in [1.54, 1.807) is 12.1 Å². The fraction of sp³-hybridized carbons (Fsp3) is 0.0909. The van der Waals surface area contributed by atoms with Crippen LogP contribution in [0.4, 0.5) is 5.69 Å². The summed E-state index contributed by atoms with van der Waals surface area (Å²) in [6, 6.07) is 8.65. The molecule has 17 heavy (non-hydrogen) atoms. The molecule has 0 aliphatic carbocycles. The maximum atomic E-state index is 10.7. The van der Waals surface area contributed by atoms with Crippen molar-refractivity contribution >= 4 is 11.7 Å².